The van der Waals surface area contributed by atoms with E-state index >= 15 is 0 Å². The van der Waals surface area contributed by atoms with Crippen LogP contribution in [0.2, 0.25) is 0 Å². The summed E-state index contributed by atoms with van der Waals surface area (Å²) in [6, 6.07) is 10.0. The van der Waals surface area contributed by atoms with Crippen LogP contribution in [0.1, 0.15) is 31.7 Å². The third-order valence-electron chi connectivity index (χ3n) is 4.83. The quantitative estimate of drug-likeness (QED) is 0.937. The molecule has 2 heterocycles. The number of nitrogens with one attached hydrogen (secondary N) is 1. The van der Waals surface area contributed by atoms with E-state index < -0.39 is 0 Å². The zero-order valence-electron chi connectivity index (χ0n) is 12.6. The van der Waals surface area contributed by atoms with Crippen molar-refractivity contribution in [3.05, 3.63) is 42.1 Å². The number of ketones is 1. The number of hydrogen-bond donors (Lipinski definition) is 1. The molecule has 3 nitrogen and oxygen atoms in total. The number of aromatic nitrogens is 1. The highest BCUT2D eigenvalue weighted by molar-refractivity contribution is 5.92. The van der Waals surface area contributed by atoms with Crippen molar-refractivity contribution in [1.82, 2.24) is 10.3 Å². The van der Waals surface area contributed by atoms with Crippen LogP contribution in [0.4, 0.5) is 0 Å². The second-order valence-electron chi connectivity index (χ2n) is 6.00. The molecule has 0 radical (unpaired) electrons. The van der Waals surface area contributed by atoms with Gasteiger partial charge in [-0.15, -0.1) is 0 Å². The molecule has 110 valence electrons. The number of carbonyl (C=O) groups is 1. The zero-order chi connectivity index (χ0) is 14.7. The van der Waals surface area contributed by atoms with Crippen LogP contribution in [0, 0.1) is 5.41 Å². The molecule has 0 bridgehead atoms. The maximum Gasteiger partial charge on any atom is 0.144 e. The fourth-order valence-corrected chi connectivity index (χ4v) is 3.37. The number of piperidine rings is 1. The van der Waals surface area contributed by atoms with E-state index in [1.54, 1.807) is 0 Å². The SMILES string of the molecule is CCC1(C(=O)Cc2ccnc3ccccc23)CCCNC1. The molecule has 1 aromatic heterocycles. The van der Waals surface area contributed by atoms with Gasteiger partial charge in [-0.1, -0.05) is 25.1 Å². The minimum atomic E-state index is -0.178. The minimum Gasteiger partial charge on any atom is -0.316 e. The summed E-state index contributed by atoms with van der Waals surface area (Å²) < 4.78 is 0. The second kappa shape index (κ2) is 5.94. The first kappa shape index (κ1) is 14.2. The highest BCUT2D eigenvalue weighted by Gasteiger charge is 2.37. The van der Waals surface area contributed by atoms with Crippen LogP contribution >= 0.6 is 0 Å². The van der Waals surface area contributed by atoms with Crippen molar-refractivity contribution in [2.24, 2.45) is 5.41 Å². The molecule has 1 N–H and O–H groups in total. The molecule has 0 aliphatic carbocycles. The number of benzene rings is 1. The first-order chi connectivity index (χ1) is 10.2. The van der Waals surface area contributed by atoms with Crippen molar-refractivity contribution in [1.29, 1.82) is 0 Å². The molecule has 0 saturated carbocycles. The molecule has 1 aliphatic heterocycles. The molecular formula is C18H22N2O. The summed E-state index contributed by atoms with van der Waals surface area (Å²) in [7, 11) is 0. The lowest BCUT2D eigenvalue weighted by atomic mass is 9.73. The fraction of sp³-hybridized carbons (Fsp3) is 0.444. The molecule has 0 amide bonds. The van der Waals surface area contributed by atoms with Gasteiger partial charge in [0.05, 0.1) is 5.52 Å². The van der Waals surface area contributed by atoms with Gasteiger partial charge in [-0.3, -0.25) is 9.78 Å². The van der Waals surface area contributed by atoms with E-state index in [4.69, 9.17) is 0 Å². The Hall–Kier alpha value is -1.74. The van der Waals surface area contributed by atoms with Gasteiger partial charge < -0.3 is 5.32 Å². The van der Waals surface area contributed by atoms with Crippen LogP contribution in [0.15, 0.2) is 36.5 Å². The highest BCUT2D eigenvalue weighted by Crippen LogP contribution is 2.33. The van der Waals surface area contributed by atoms with Crippen molar-refractivity contribution < 1.29 is 4.79 Å². The lowest BCUT2D eigenvalue weighted by molar-refractivity contribution is -0.129. The molecule has 1 saturated heterocycles. The van der Waals surface area contributed by atoms with Crippen molar-refractivity contribution in [2.45, 2.75) is 32.6 Å². The standard InChI is InChI=1S/C18H22N2O/c1-2-18(9-5-10-19-13-18)17(21)12-14-8-11-20-16-7-4-3-6-15(14)16/h3-4,6-8,11,19H,2,5,9-10,12-13H2,1H3. The second-order valence-corrected chi connectivity index (χ2v) is 6.00. The zero-order valence-corrected chi connectivity index (χ0v) is 12.6. The number of carbonyl (C=O) groups excluding carboxylic acids is 1. The van der Waals surface area contributed by atoms with E-state index in [0.29, 0.717) is 12.2 Å². The van der Waals surface area contributed by atoms with Crippen LogP contribution in [0.3, 0.4) is 0 Å². The van der Waals surface area contributed by atoms with Crippen LogP contribution in [-0.2, 0) is 11.2 Å². The molecule has 1 aliphatic rings. The number of Topliss-reactive ketones (excluding diaryl/α,β-unsaturated/α-hetero) is 1. The number of fused-ring (bicyclic) bond motifs is 1. The van der Waals surface area contributed by atoms with Gasteiger partial charge in [0.2, 0.25) is 0 Å². The van der Waals surface area contributed by atoms with E-state index in [2.05, 4.69) is 23.3 Å². The van der Waals surface area contributed by atoms with Crippen molar-refractivity contribution in [3.8, 4) is 0 Å². The lowest BCUT2D eigenvalue weighted by Crippen LogP contribution is -2.45. The third kappa shape index (κ3) is 2.70. The number of nitrogens with zero attached hydrogens (tertiary/aromatic N) is 1. The Morgan fingerprint density at radius 1 is 1.33 bits per heavy atom. The molecule has 1 atom stereocenters. The maximum absolute atomic E-state index is 12.9. The Balaban J connectivity index is 1.89. The molecule has 3 rings (SSSR count). The monoisotopic (exact) mass is 282 g/mol. The van der Waals surface area contributed by atoms with Gasteiger partial charge in [0.15, 0.2) is 0 Å². The topological polar surface area (TPSA) is 42.0 Å². The Morgan fingerprint density at radius 2 is 2.19 bits per heavy atom. The molecule has 1 unspecified atom stereocenters. The summed E-state index contributed by atoms with van der Waals surface area (Å²) in [4.78, 5) is 17.3. The van der Waals surface area contributed by atoms with Crippen molar-refractivity contribution in [3.63, 3.8) is 0 Å². The predicted octanol–water partition coefficient (Wildman–Crippen LogP) is 3.13. The van der Waals surface area contributed by atoms with Gasteiger partial charge in [0.25, 0.3) is 0 Å². The Bertz CT molecular complexity index is 639. The third-order valence-corrected chi connectivity index (χ3v) is 4.83. The predicted molar refractivity (Wildman–Crippen MR) is 85.3 cm³/mol. The maximum atomic E-state index is 12.9. The largest absolute Gasteiger partial charge is 0.316 e. The smallest absolute Gasteiger partial charge is 0.144 e. The van der Waals surface area contributed by atoms with E-state index in [0.717, 1.165) is 48.8 Å². The van der Waals surface area contributed by atoms with Crippen LogP contribution < -0.4 is 5.32 Å². The molecule has 21 heavy (non-hydrogen) atoms. The molecule has 3 heteroatoms. The summed E-state index contributed by atoms with van der Waals surface area (Å²) in [5.74, 6) is 0.369. The van der Waals surface area contributed by atoms with Gasteiger partial charge in [-0.2, -0.15) is 0 Å². The Kier molecular flexibility index (Phi) is 4.02. The molecule has 2 aromatic rings. The average Bonchev–Trinajstić information content (AvgIpc) is 2.56. The van der Waals surface area contributed by atoms with Gasteiger partial charge in [-0.05, 0) is 43.5 Å². The number of para-hydroxylation sites is 1. The molecule has 1 aromatic carbocycles. The summed E-state index contributed by atoms with van der Waals surface area (Å²) in [5, 5.41) is 4.50. The van der Waals surface area contributed by atoms with Gasteiger partial charge in [-0.25, -0.2) is 0 Å². The average molecular weight is 282 g/mol. The summed E-state index contributed by atoms with van der Waals surface area (Å²) in [6.07, 6.45) is 5.35. The van der Waals surface area contributed by atoms with E-state index in [9.17, 15) is 4.79 Å². The normalized spacial score (nSPS) is 22.3. The lowest BCUT2D eigenvalue weighted by Gasteiger charge is -2.35. The molecule has 0 spiro atoms. The van der Waals surface area contributed by atoms with Crippen LogP contribution in [0.5, 0.6) is 0 Å². The number of rotatable bonds is 4. The van der Waals surface area contributed by atoms with Gasteiger partial charge in [0, 0.05) is 30.0 Å². The van der Waals surface area contributed by atoms with E-state index in [1.807, 2.05) is 30.5 Å². The Morgan fingerprint density at radius 3 is 2.95 bits per heavy atom. The van der Waals surface area contributed by atoms with Crippen LogP contribution in [-0.4, -0.2) is 23.9 Å². The van der Waals surface area contributed by atoms with E-state index in [-0.39, 0.29) is 5.41 Å². The van der Waals surface area contributed by atoms with Crippen LogP contribution in [0.25, 0.3) is 10.9 Å². The van der Waals surface area contributed by atoms with Crippen molar-refractivity contribution in [2.75, 3.05) is 13.1 Å². The number of pyridine rings is 1. The summed E-state index contributed by atoms with van der Waals surface area (Å²) >= 11 is 0. The van der Waals surface area contributed by atoms with Gasteiger partial charge >= 0.3 is 0 Å². The first-order valence-corrected chi connectivity index (χ1v) is 7.82. The molecular weight excluding hydrogens is 260 g/mol. The fourth-order valence-electron chi connectivity index (χ4n) is 3.37. The Labute approximate surface area is 125 Å². The minimum absolute atomic E-state index is 0.178. The highest BCUT2D eigenvalue weighted by atomic mass is 16.1. The number of hydrogen-bond acceptors (Lipinski definition) is 3. The summed E-state index contributed by atoms with van der Waals surface area (Å²) in [6.45, 7) is 3.99. The van der Waals surface area contributed by atoms with Gasteiger partial charge in [0.1, 0.15) is 5.78 Å². The van der Waals surface area contributed by atoms with E-state index in [1.165, 1.54) is 0 Å². The van der Waals surface area contributed by atoms with Crippen molar-refractivity contribution >= 4 is 16.7 Å². The molecule has 1 fully saturated rings. The summed E-state index contributed by atoms with van der Waals surface area (Å²) in [5.41, 5.74) is 1.89. The first-order valence-electron chi connectivity index (χ1n) is 7.82.